The highest BCUT2D eigenvalue weighted by atomic mass is 79.9. The van der Waals surface area contributed by atoms with Crippen LogP contribution in [-0.4, -0.2) is 18.0 Å². The first-order valence-electron chi connectivity index (χ1n) is 4.76. The lowest BCUT2D eigenvalue weighted by Gasteiger charge is -2.05. The summed E-state index contributed by atoms with van der Waals surface area (Å²) in [6, 6.07) is 8.58. The summed E-state index contributed by atoms with van der Waals surface area (Å²) in [5.74, 6) is 0. The van der Waals surface area contributed by atoms with Gasteiger partial charge in [-0.2, -0.15) is 5.26 Å². The first-order chi connectivity index (χ1) is 7.76. The van der Waals surface area contributed by atoms with Gasteiger partial charge in [-0.3, -0.25) is 5.32 Å². The minimum Gasteiger partial charge on any atom is -0.449 e. The summed E-state index contributed by atoms with van der Waals surface area (Å²) in [5, 5.41) is 12.0. The maximum atomic E-state index is 11.2. The number of hydrogen-bond donors (Lipinski definition) is 1. The van der Waals surface area contributed by atoms with Gasteiger partial charge in [0.25, 0.3) is 0 Å². The highest BCUT2D eigenvalue weighted by molar-refractivity contribution is 9.09. The van der Waals surface area contributed by atoms with E-state index < -0.39 is 6.09 Å². The molecule has 84 valence electrons. The summed E-state index contributed by atoms with van der Waals surface area (Å²) in [4.78, 5) is 11.2. The Bertz CT molecular complexity index is 384. The summed E-state index contributed by atoms with van der Waals surface area (Å²) < 4.78 is 4.90. The van der Waals surface area contributed by atoms with Crippen LogP contribution in [0.25, 0.3) is 0 Å². The smallest absolute Gasteiger partial charge is 0.411 e. The van der Waals surface area contributed by atoms with Gasteiger partial charge in [0.15, 0.2) is 0 Å². The molecule has 0 aliphatic carbocycles. The monoisotopic (exact) mass is 282 g/mol. The van der Waals surface area contributed by atoms with E-state index >= 15 is 0 Å². The van der Waals surface area contributed by atoms with Crippen LogP contribution in [0, 0.1) is 11.3 Å². The minimum absolute atomic E-state index is 0.382. The van der Waals surface area contributed by atoms with Gasteiger partial charge in [-0.05, 0) is 30.7 Å². The number of hydrogen-bond acceptors (Lipinski definition) is 3. The molecule has 0 heterocycles. The number of benzene rings is 1. The van der Waals surface area contributed by atoms with E-state index in [1.165, 1.54) is 0 Å². The van der Waals surface area contributed by atoms with E-state index in [2.05, 4.69) is 21.2 Å². The van der Waals surface area contributed by atoms with Crippen molar-refractivity contribution < 1.29 is 9.53 Å². The van der Waals surface area contributed by atoms with Crippen LogP contribution in [0.5, 0.6) is 0 Å². The van der Waals surface area contributed by atoms with Crippen LogP contribution in [-0.2, 0) is 4.74 Å². The molecule has 0 radical (unpaired) electrons. The largest absolute Gasteiger partial charge is 0.449 e. The number of halogens is 1. The molecule has 1 aromatic carbocycles. The van der Waals surface area contributed by atoms with Crippen molar-refractivity contribution in [3.8, 4) is 6.07 Å². The number of rotatable bonds is 4. The van der Waals surface area contributed by atoms with Crippen LogP contribution < -0.4 is 5.32 Å². The Morgan fingerprint density at radius 1 is 1.44 bits per heavy atom. The van der Waals surface area contributed by atoms with Crippen LogP contribution in [0.2, 0.25) is 0 Å². The lowest BCUT2D eigenvalue weighted by molar-refractivity contribution is 0.162. The molecule has 16 heavy (non-hydrogen) atoms. The number of carbonyl (C=O) groups is 1. The predicted molar refractivity (Wildman–Crippen MR) is 64.5 cm³/mol. The van der Waals surface area contributed by atoms with Crippen LogP contribution in [0.3, 0.4) is 0 Å². The Morgan fingerprint density at radius 2 is 2.12 bits per heavy atom. The molecular weight excluding hydrogens is 272 g/mol. The zero-order valence-corrected chi connectivity index (χ0v) is 10.2. The SMILES string of the molecule is N#Cc1ccc(NC(=O)OCCCBr)cc1. The Balaban J connectivity index is 2.41. The van der Waals surface area contributed by atoms with Crippen LogP contribution >= 0.6 is 15.9 Å². The van der Waals surface area contributed by atoms with Gasteiger partial charge >= 0.3 is 6.09 Å². The first-order valence-corrected chi connectivity index (χ1v) is 5.88. The minimum atomic E-state index is -0.481. The van der Waals surface area contributed by atoms with Gasteiger partial charge in [0.2, 0.25) is 0 Å². The van der Waals surface area contributed by atoms with Gasteiger partial charge in [0.1, 0.15) is 0 Å². The van der Waals surface area contributed by atoms with Gasteiger partial charge < -0.3 is 4.74 Å². The molecule has 0 saturated heterocycles. The van der Waals surface area contributed by atoms with Crippen molar-refractivity contribution in [2.45, 2.75) is 6.42 Å². The third-order valence-electron chi connectivity index (χ3n) is 1.77. The number of carbonyl (C=O) groups excluding carboxylic acids is 1. The summed E-state index contributed by atoms with van der Waals surface area (Å²) in [6.45, 7) is 0.382. The molecule has 1 N–H and O–H groups in total. The highest BCUT2D eigenvalue weighted by Gasteiger charge is 2.02. The predicted octanol–water partition coefficient (Wildman–Crippen LogP) is 2.89. The second-order valence-electron chi connectivity index (χ2n) is 2.99. The second kappa shape index (κ2) is 6.85. The van der Waals surface area contributed by atoms with Crippen molar-refractivity contribution in [1.82, 2.24) is 0 Å². The number of ether oxygens (including phenoxy) is 1. The zero-order valence-electron chi connectivity index (χ0n) is 8.57. The van der Waals surface area contributed by atoms with Gasteiger partial charge in [-0.1, -0.05) is 15.9 Å². The number of nitrogens with one attached hydrogen (secondary N) is 1. The topological polar surface area (TPSA) is 62.1 Å². The van der Waals surface area contributed by atoms with E-state index in [0.717, 1.165) is 11.8 Å². The van der Waals surface area contributed by atoms with Crippen molar-refractivity contribution >= 4 is 27.7 Å². The molecule has 0 fully saturated rings. The number of alkyl halides is 1. The van der Waals surface area contributed by atoms with Gasteiger partial charge in [0.05, 0.1) is 18.2 Å². The van der Waals surface area contributed by atoms with E-state index in [1.807, 2.05) is 6.07 Å². The fourth-order valence-corrected chi connectivity index (χ4v) is 1.23. The summed E-state index contributed by atoms with van der Waals surface area (Å²) >= 11 is 3.24. The maximum Gasteiger partial charge on any atom is 0.411 e. The Labute approximate surface area is 102 Å². The van der Waals surface area contributed by atoms with Crippen LogP contribution in [0.1, 0.15) is 12.0 Å². The van der Waals surface area contributed by atoms with E-state index in [0.29, 0.717) is 17.9 Å². The van der Waals surface area contributed by atoms with Crippen molar-refractivity contribution in [2.24, 2.45) is 0 Å². The molecule has 1 amide bonds. The second-order valence-corrected chi connectivity index (χ2v) is 3.79. The lowest BCUT2D eigenvalue weighted by Crippen LogP contribution is -2.14. The first kappa shape index (κ1) is 12.5. The van der Waals surface area contributed by atoms with E-state index in [1.54, 1.807) is 24.3 Å². The van der Waals surface area contributed by atoms with E-state index in [4.69, 9.17) is 10.00 Å². The molecule has 0 aromatic heterocycles. The third-order valence-corrected chi connectivity index (χ3v) is 2.33. The van der Waals surface area contributed by atoms with Gasteiger partial charge in [-0.25, -0.2) is 4.79 Å². The number of nitrogens with zero attached hydrogens (tertiary/aromatic N) is 1. The molecule has 1 rings (SSSR count). The lowest BCUT2D eigenvalue weighted by atomic mass is 10.2. The normalized spacial score (nSPS) is 9.25. The molecule has 0 spiro atoms. The summed E-state index contributed by atoms with van der Waals surface area (Å²) in [5.41, 5.74) is 1.17. The van der Waals surface area contributed by atoms with E-state index in [-0.39, 0.29) is 0 Å². The molecule has 4 nitrogen and oxygen atoms in total. The number of amides is 1. The molecule has 0 unspecified atom stereocenters. The third kappa shape index (κ3) is 4.32. The van der Waals surface area contributed by atoms with Crippen molar-refractivity contribution in [3.05, 3.63) is 29.8 Å². The average Bonchev–Trinajstić information content (AvgIpc) is 2.30. The maximum absolute atomic E-state index is 11.2. The van der Waals surface area contributed by atoms with E-state index in [9.17, 15) is 4.79 Å². The van der Waals surface area contributed by atoms with Crippen LogP contribution in [0.4, 0.5) is 10.5 Å². The molecule has 0 aliphatic heterocycles. The fraction of sp³-hybridized carbons (Fsp3) is 0.273. The Hall–Kier alpha value is -1.54. The van der Waals surface area contributed by atoms with Crippen LogP contribution in [0.15, 0.2) is 24.3 Å². The summed E-state index contributed by atoms with van der Waals surface area (Å²) in [7, 11) is 0. The summed E-state index contributed by atoms with van der Waals surface area (Å²) in [6.07, 6.45) is 0.298. The number of nitriles is 1. The van der Waals surface area contributed by atoms with Gasteiger partial charge in [0, 0.05) is 11.0 Å². The van der Waals surface area contributed by atoms with Crippen molar-refractivity contribution in [3.63, 3.8) is 0 Å². The molecule has 0 atom stereocenters. The standard InChI is InChI=1S/C11H11BrN2O2/c12-6-1-7-16-11(15)14-10-4-2-9(8-13)3-5-10/h2-5H,1,6-7H2,(H,14,15). The Morgan fingerprint density at radius 3 is 2.69 bits per heavy atom. The van der Waals surface area contributed by atoms with Crippen molar-refractivity contribution in [1.29, 1.82) is 5.26 Å². The molecule has 5 heteroatoms. The van der Waals surface area contributed by atoms with Gasteiger partial charge in [-0.15, -0.1) is 0 Å². The fourth-order valence-electron chi connectivity index (χ4n) is 1.00. The molecule has 0 bridgehead atoms. The van der Waals surface area contributed by atoms with Crippen molar-refractivity contribution in [2.75, 3.05) is 17.3 Å². The molecule has 1 aromatic rings. The molecular formula is C11H11BrN2O2. The highest BCUT2D eigenvalue weighted by Crippen LogP contribution is 2.08. The Kier molecular flexibility index (Phi) is 5.37. The molecule has 0 saturated carbocycles. The average molecular weight is 283 g/mol. The quantitative estimate of drug-likeness (QED) is 0.682. The zero-order chi connectivity index (χ0) is 11.8. The molecule has 0 aliphatic rings. The number of anilines is 1.